The summed E-state index contributed by atoms with van der Waals surface area (Å²) >= 11 is 0. The fourth-order valence-electron chi connectivity index (χ4n) is 3.25. The lowest BCUT2D eigenvalue weighted by atomic mass is 10.0. The summed E-state index contributed by atoms with van der Waals surface area (Å²) in [7, 11) is 5.90. The van der Waals surface area contributed by atoms with Crippen LogP contribution in [0.1, 0.15) is 90.9 Å². The number of hydrogen-bond acceptors (Lipinski definition) is 3. The van der Waals surface area contributed by atoms with Crippen molar-refractivity contribution in [3.8, 4) is 0 Å². The molecule has 5 nitrogen and oxygen atoms in total. The van der Waals surface area contributed by atoms with Crippen LogP contribution in [0, 0.1) is 5.92 Å². The molecule has 1 unspecified atom stereocenters. The monoisotopic (exact) mass is 386 g/mol. The standard InChI is InChI=1S/C22H43NO4/c1-19(2)15-13-11-9-7-6-8-10-12-14-16-22(26)27-20(17-21(24)25)18-23(3,4)5/h19-20H,6-18H2,1-5H3/p+1. The van der Waals surface area contributed by atoms with E-state index in [2.05, 4.69) is 13.8 Å². The van der Waals surface area contributed by atoms with Crippen LogP contribution in [0.3, 0.4) is 0 Å². The first-order chi connectivity index (χ1) is 12.6. The quantitative estimate of drug-likeness (QED) is 0.216. The molecule has 0 fully saturated rings. The van der Waals surface area contributed by atoms with Crippen LogP contribution in [0.25, 0.3) is 0 Å². The number of carbonyl (C=O) groups excluding carboxylic acids is 1. The molecular weight excluding hydrogens is 342 g/mol. The van der Waals surface area contributed by atoms with Gasteiger partial charge in [-0.2, -0.15) is 0 Å². The minimum absolute atomic E-state index is 0.127. The average molecular weight is 387 g/mol. The van der Waals surface area contributed by atoms with Crippen molar-refractivity contribution in [3.63, 3.8) is 0 Å². The molecule has 0 aliphatic carbocycles. The number of quaternary nitrogens is 1. The van der Waals surface area contributed by atoms with Gasteiger partial charge in [0.2, 0.25) is 0 Å². The minimum atomic E-state index is -0.926. The minimum Gasteiger partial charge on any atom is -0.481 e. The van der Waals surface area contributed by atoms with Gasteiger partial charge in [0.05, 0.1) is 27.6 Å². The van der Waals surface area contributed by atoms with Gasteiger partial charge in [-0.25, -0.2) is 0 Å². The van der Waals surface area contributed by atoms with Gasteiger partial charge in [0.25, 0.3) is 0 Å². The third-order valence-corrected chi connectivity index (χ3v) is 4.61. The topological polar surface area (TPSA) is 63.6 Å². The van der Waals surface area contributed by atoms with Crippen molar-refractivity contribution in [2.75, 3.05) is 27.7 Å². The summed E-state index contributed by atoms with van der Waals surface area (Å²) in [6.07, 6.45) is 12.0. The fourth-order valence-corrected chi connectivity index (χ4v) is 3.25. The van der Waals surface area contributed by atoms with E-state index in [0.29, 0.717) is 17.4 Å². The Morgan fingerprint density at radius 1 is 0.852 bits per heavy atom. The summed E-state index contributed by atoms with van der Waals surface area (Å²) in [4.78, 5) is 22.9. The molecule has 0 rings (SSSR count). The molecule has 1 N–H and O–H groups in total. The van der Waals surface area contributed by atoms with Gasteiger partial charge >= 0.3 is 11.9 Å². The first kappa shape index (κ1) is 25.9. The van der Waals surface area contributed by atoms with E-state index < -0.39 is 12.1 Å². The summed E-state index contributed by atoms with van der Waals surface area (Å²) < 4.78 is 5.97. The molecule has 0 aromatic carbocycles. The molecule has 0 amide bonds. The van der Waals surface area contributed by atoms with Crippen LogP contribution in [-0.2, 0) is 14.3 Å². The van der Waals surface area contributed by atoms with E-state index in [0.717, 1.165) is 25.2 Å². The maximum atomic E-state index is 12.0. The van der Waals surface area contributed by atoms with Crippen molar-refractivity contribution in [1.82, 2.24) is 0 Å². The summed E-state index contributed by atoms with van der Waals surface area (Å²) in [6, 6.07) is 0. The maximum absolute atomic E-state index is 12.0. The summed E-state index contributed by atoms with van der Waals surface area (Å²) in [5.41, 5.74) is 0. The number of likely N-dealkylation sites (N-methyl/N-ethyl adjacent to an activating group) is 1. The molecule has 0 aromatic rings. The summed E-state index contributed by atoms with van der Waals surface area (Å²) in [5.74, 6) is -0.367. The number of hydrogen-bond donors (Lipinski definition) is 1. The van der Waals surface area contributed by atoms with E-state index in [1.54, 1.807) is 0 Å². The van der Waals surface area contributed by atoms with Crippen molar-refractivity contribution in [1.29, 1.82) is 0 Å². The van der Waals surface area contributed by atoms with Gasteiger partial charge in [-0.3, -0.25) is 9.59 Å². The molecule has 0 aliphatic rings. The molecule has 0 heterocycles. The lowest BCUT2D eigenvalue weighted by molar-refractivity contribution is -0.873. The first-order valence-electron chi connectivity index (χ1n) is 10.8. The van der Waals surface area contributed by atoms with Crippen LogP contribution in [0.4, 0.5) is 0 Å². The number of rotatable bonds is 17. The van der Waals surface area contributed by atoms with Crippen LogP contribution in [0.5, 0.6) is 0 Å². The number of ether oxygens (including phenoxy) is 1. The number of carboxylic acids is 1. The lowest BCUT2D eigenvalue weighted by Crippen LogP contribution is -2.43. The van der Waals surface area contributed by atoms with E-state index in [4.69, 9.17) is 9.84 Å². The second-order valence-corrected chi connectivity index (χ2v) is 9.30. The second-order valence-electron chi connectivity index (χ2n) is 9.30. The highest BCUT2D eigenvalue weighted by Crippen LogP contribution is 2.14. The summed E-state index contributed by atoms with van der Waals surface area (Å²) in [5, 5.41) is 8.98. The molecule has 1 atom stereocenters. The average Bonchev–Trinajstić information content (AvgIpc) is 2.49. The SMILES string of the molecule is CC(C)CCCCCCCCCCCC(=O)OC(CC(=O)O)C[N+](C)(C)C. The zero-order valence-corrected chi connectivity index (χ0v) is 18.5. The van der Waals surface area contributed by atoms with Gasteiger partial charge in [0, 0.05) is 6.42 Å². The van der Waals surface area contributed by atoms with Gasteiger partial charge in [-0.05, 0) is 12.3 Å². The van der Waals surface area contributed by atoms with Gasteiger partial charge in [-0.1, -0.05) is 71.6 Å². The Morgan fingerprint density at radius 3 is 1.78 bits per heavy atom. The Balaban J connectivity index is 3.70. The molecule has 0 saturated carbocycles. The van der Waals surface area contributed by atoms with Crippen LogP contribution < -0.4 is 0 Å². The van der Waals surface area contributed by atoms with E-state index in [1.807, 2.05) is 21.1 Å². The molecule has 27 heavy (non-hydrogen) atoms. The molecule has 0 spiro atoms. The fraction of sp³-hybridized carbons (Fsp3) is 0.909. The van der Waals surface area contributed by atoms with E-state index >= 15 is 0 Å². The third kappa shape index (κ3) is 19.5. The lowest BCUT2D eigenvalue weighted by Gasteiger charge is -2.28. The highest BCUT2D eigenvalue weighted by molar-refractivity contribution is 5.71. The Morgan fingerprint density at radius 2 is 1.33 bits per heavy atom. The third-order valence-electron chi connectivity index (χ3n) is 4.61. The van der Waals surface area contributed by atoms with Gasteiger partial charge in [0.1, 0.15) is 6.54 Å². The molecule has 0 bridgehead atoms. The number of esters is 1. The molecule has 5 heteroatoms. The highest BCUT2D eigenvalue weighted by atomic mass is 16.5. The van der Waals surface area contributed by atoms with Crippen molar-refractivity contribution in [2.45, 2.75) is 97.0 Å². The van der Waals surface area contributed by atoms with Gasteiger partial charge in [-0.15, -0.1) is 0 Å². The van der Waals surface area contributed by atoms with E-state index in [1.165, 1.54) is 44.9 Å². The van der Waals surface area contributed by atoms with Crippen LogP contribution in [-0.4, -0.2) is 55.3 Å². The van der Waals surface area contributed by atoms with Crippen LogP contribution >= 0.6 is 0 Å². The Kier molecular flexibility index (Phi) is 14.3. The predicted molar refractivity (Wildman–Crippen MR) is 111 cm³/mol. The van der Waals surface area contributed by atoms with E-state index in [-0.39, 0.29) is 12.4 Å². The van der Waals surface area contributed by atoms with Gasteiger partial charge < -0.3 is 14.3 Å². The van der Waals surface area contributed by atoms with Crippen LogP contribution in [0.2, 0.25) is 0 Å². The predicted octanol–water partition coefficient (Wildman–Crippen LogP) is 5.03. The van der Waals surface area contributed by atoms with Gasteiger partial charge in [0.15, 0.2) is 6.10 Å². The number of unbranched alkanes of at least 4 members (excludes halogenated alkanes) is 8. The molecule has 160 valence electrons. The number of carboxylic acid groups (broad SMARTS) is 1. The molecule has 0 saturated heterocycles. The highest BCUT2D eigenvalue weighted by Gasteiger charge is 2.24. The van der Waals surface area contributed by atoms with Crippen molar-refractivity contribution < 1.29 is 23.9 Å². The zero-order chi connectivity index (χ0) is 20.7. The van der Waals surface area contributed by atoms with Crippen LogP contribution in [0.15, 0.2) is 0 Å². The maximum Gasteiger partial charge on any atom is 0.307 e. The van der Waals surface area contributed by atoms with E-state index in [9.17, 15) is 9.59 Å². The van der Waals surface area contributed by atoms with Crippen molar-refractivity contribution in [3.05, 3.63) is 0 Å². The molecular formula is C22H44NO4+. The largest absolute Gasteiger partial charge is 0.481 e. The Hall–Kier alpha value is -1.10. The number of nitrogens with zero attached hydrogens (tertiary/aromatic N) is 1. The van der Waals surface area contributed by atoms with Crippen molar-refractivity contribution in [2.24, 2.45) is 5.92 Å². The van der Waals surface area contributed by atoms with Crippen molar-refractivity contribution >= 4 is 11.9 Å². The summed E-state index contributed by atoms with van der Waals surface area (Å²) in [6.45, 7) is 5.08. The molecule has 0 aliphatic heterocycles. The smallest absolute Gasteiger partial charge is 0.307 e. The molecule has 0 radical (unpaired) electrons. The number of carbonyl (C=O) groups is 2. The number of aliphatic carboxylic acids is 1. The zero-order valence-electron chi connectivity index (χ0n) is 18.5. The second kappa shape index (κ2) is 14.9. The first-order valence-corrected chi connectivity index (χ1v) is 10.8. The Labute approximate surface area is 167 Å². The molecule has 0 aromatic heterocycles. The normalized spacial score (nSPS) is 13.0. The Bertz CT molecular complexity index is 402.